The minimum Gasteiger partial charge on any atom is -0.444 e. The molecule has 1 atom stereocenters. The Kier molecular flexibility index (Phi) is 7.04. The van der Waals surface area contributed by atoms with Gasteiger partial charge in [-0.15, -0.1) is 10.2 Å². The summed E-state index contributed by atoms with van der Waals surface area (Å²) in [5.74, 6) is 0.0526. The van der Waals surface area contributed by atoms with E-state index in [1.54, 1.807) is 32.9 Å². The summed E-state index contributed by atoms with van der Waals surface area (Å²) in [5.41, 5.74) is 0.424. The maximum Gasteiger partial charge on any atom is 0.408 e. The zero-order valence-corrected chi connectivity index (χ0v) is 16.1. The van der Waals surface area contributed by atoms with Gasteiger partial charge in [0.15, 0.2) is 0 Å². The van der Waals surface area contributed by atoms with E-state index < -0.39 is 17.7 Å². The van der Waals surface area contributed by atoms with Crippen LogP contribution in [0.5, 0.6) is 0 Å². The molecular formula is C19H26FN5O2. The maximum absolute atomic E-state index is 13.3. The van der Waals surface area contributed by atoms with Crippen LogP contribution in [0.4, 0.5) is 15.1 Å². The highest BCUT2D eigenvalue weighted by atomic mass is 19.1. The first-order valence-electron chi connectivity index (χ1n) is 8.97. The van der Waals surface area contributed by atoms with Crippen molar-refractivity contribution in [1.29, 1.82) is 0 Å². The Morgan fingerprint density at radius 2 is 1.93 bits per heavy atom. The fourth-order valence-electron chi connectivity index (χ4n) is 2.28. The van der Waals surface area contributed by atoms with Crippen LogP contribution in [0.1, 0.15) is 57.8 Å². The van der Waals surface area contributed by atoms with E-state index in [-0.39, 0.29) is 5.82 Å². The molecule has 1 amide bonds. The molecule has 0 radical (unpaired) electrons. The Labute approximate surface area is 158 Å². The summed E-state index contributed by atoms with van der Waals surface area (Å²) in [5, 5.41) is 14.1. The van der Waals surface area contributed by atoms with Gasteiger partial charge < -0.3 is 15.4 Å². The fraction of sp³-hybridized carbons (Fsp3) is 0.474. The number of unbranched alkanes of at least 4 members (excludes halogenated alkanes) is 1. The van der Waals surface area contributed by atoms with Gasteiger partial charge in [0.05, 0.1) is 6.20 Å². The van der Waals surface area contributed by atoms with Crippen molar-refractivity contribution in [1.82, 2.24) is 20.5 Å². The number of rotatable bonds is 7. The number of benzene rings is 1. The van der Waals surface area contributed by atoms with E-state index in [0.29, 0.717) is 17.2 Å². The van der Waals surface area contributed by atoms with E-state index >= 15 is 0 Å². The molecule has 2 aromatic rings. The summed E-state index contributed by atoms with van der Waals surface area (Å²) in [6, 6.07) is 5.13. The van der Waals surface area contributed by atoms with E-state index in [9.17, 15) is 9.18 Å². The number of alkyl carbamates (subject to hydrolysis) is 1. The quantitative estimate of drug-likeness (QED) is 0.715. The number of amides is 1. The topological polar surface area (TPSA) is 89.0 Å². The molecule has 8 heteroatoms. The van der Waals surface area contributed by atoms with Crippen LogP contribution in [-0.4, -0.2) is 33.4 Å². The summed E-state index contributed by atoms with van der Waals surface area (Å²) in [6.07, 6.45) is 2.99. The van der Waals surface area contributed by atoms with E-state index in [1.165, 1.54) is 18.3 Å². The Bertz CT molecular complexity index is 729. The lowest BCUT2D eigenvalue weighted by Gasteiger charge is -2.23. The molecule has 1 heterocycles. The summed E-state index contributed by atoms with van der Waals surface area (Å²) in [7, 11) is 0. The molecule has 1 aromatic carbocycles. The Morgan fingerprint density at radius 3 is 2.48 bits per heavy atom. The number of nitrogens with zero attached hydrogens (tertiary/aromatic N) is 3. The van der Waals surface area contributed by atoms with Crippen LogP contribution in [0, 0.1) is 5.82 Å². The van der Waals surface area contributed by atoms with Crippen LogP contribution in [-0.2, 0) is 4.74 Å². The molecule has 0 aliphatic carbocycles. The first-order chi connectivity index (χ1) is 12.8. The molecule has 27 heavy (non-hydrogen) atoms. The van der Waals surface area contributed by atoms with E-state index in [1.807, 2.05) is 0 Å². The van der Waals surface area contributed by atoms with Crippen molar-refractivity contribution in [3.8, 4) is 0 Å². The molecule has 1 aromatic heterocycles. The number of ether oxygens (including phenoxy) is 1. The normalized spacial score (nSPS) is 12.3. The largest absolute Gasteiger partial charge is 0.444 e. The Morgan fingerprint density at radius 1 is 1.22 bits per heavy atom. The highest BCUT2D eigenvalue weighted by molar-refractivity contribution is 5.69. The Balaban J connectivity index is 2.21. The summed E-state index contributed by atoms with van der Waals surface area (Å²) >= 11 is 0. The standard InChI is InChI=1S/C19H26FN5O2/c1-5-6-11-21-17-22-12-15(24-25-17)16(13-7-9-14(20)10-8-13)23-18(26)27-19(2,3)4/h7-10,12,16H,5-6,11H2,1-4H3,(H,23,26)(H,21,22,25). The van der Waals surface area contributed by atoms with Crippen molar-refractivity contribution < 1.29 is 13.9 Å². The van der Waals surface area contributed by atoms with Crippen LogP contribution in [0.15, 0.2) is 30.5 Å². The first-order valence-corrected chi connectivity index (χ1v) is 8.97. The van der Waals surface area contributed by atoms with Crippen LogP contribution in [0.25, 0.3) is 0 Å². The summed E-state index contributed by atoms with van der Waals surface area (Å²) < 4.78 is 18.6. The predicted molar refractivity (Wildman–Crippen MR) is 101 cm³/mol. The average Bonchev–Trinajstić information content (AvgIpc) is 2.60. The van der Waals surface area contributed by atoms with Gasteiger partial charge in [-0.25, -0.2) is 14.2 Å². The molecule has 0 aliphatic heterocycles. The number of nitrogens with one attached hydrogen (secondary N) is 2. The van der Waals surface area contributed by atoms with Crippen molar-refractivity contribution in [3.63, 3.8) is 0 Å². The first kappa shape index (κ1) is 20.5. The third-order valence-corrected chi connectivity index (χ3v) is 3.55. The van der Waals surface area contributed by atoms with Gasteiger partial charge in [-0.1, -0.05) is 25.5 Å². The van der Waals surface area contributed by atoms with E-state index in [0.717, 1.165) is 19.4 Å². The maximum atomic E-state index is 13.3. The highest BCUT2D eigenvalue weighted by Gasteiger charge is 2.23. The Hall–Kier alpha value is -2.77. The molecular weight excluding hydrogens is 349 g/mol. The number of carbonyl (C=O) groups excluding carboxylic acids is 1. The molecule has 0 saturated carbocycles. The van der Waals surface area contributed by atoms with Crippen LogP contribution >= 0.6 is 0 Å². The molecule has 0 aliphatic rings. The minimum absolute atomic E-state index is 0.366. The average molecular weight is 375 g/mol. The van der Waals surface area contributed by atoms with Gasteiger partial charge >= 0.3 is 6.09 Å². The number of hydrogen-bond donors (Lipinski definition) is 2. The second-order valence-corrected chi connectivity index (χ2v) is 7.12. The molecule has 2 rings (SSSR count). The summed E-state index contributed by atoms with van der Waals surface area (Å²) in [6.45, 7) is 8.18. The van der Waals surface area contributed by atoms with E-state index in [4.69, 9.17) is 4.74 Å². The second kappa shape index (κ2) is 9.25. The van der Waals surface area contributed by atoms with E-state index in [2.05, 4.69) is 32.7 Å². The molecule has 0 fully saturated rings. The van der Waals surface area contributed by atoms with Crippen molar-refractivity contribution in [2.75, 3.05) is 11.9 Å². The second-order valence-electron chi connectivity index (χ2n) is 7.12. The molecule has 0 spiro atoms. The van der Waals surface area contributed by atoms with Gasteiger partial charge in [-0.2, -0.15) is 0 Å². The lowest BCUT2D eigenvalue weighted by atomic mass is 10.0. The number of carbonyl (C=O) groups is 1. The highest BCUT2D eigenvalue weighted by Crippen LogP contribution is 2.21. The SMILES string of the molecule is CCCCNc1ncc(C(NC(=O)OC(C)(C)C)c2ccc(F)cc2)nn1. The van der Waals surface area contributed by atoms with Crippen LogP contribution < -0.4 is 10.6 Å². The van der Waals surface area contributed by atoms with Crippen LogP contribution in [0.2, 0.25) is 0 Å². The molecule has 146 valence electrons. The molecule has 1 unspecified atom stereocenters. The number of hydrogen-bond acceptors (Lipinski definition) is 6. The third-order valence-electron chi connectivity index (χ3n) is 3.55. The lowest BCUT2D eigenvalue weighted by Crippen LogP contribution is -2.36. The zero-order valence-electron chi connectivity index (χ0n) is 16.1. The van der Waals surface area contributed by atoms with Gasteiger partial charge in [0.2, 0.25) is 5.95 Å². The molecule has 2 N–H and O–H groups in total. The minimum atomic E-state index is -0.662. The van der Waals surface area contributed by atoms with Gasteiger partial charge in [0.1, 0.15) is 23.2 Å². The third kappa shape index (κ3) is 6.80. The number of aromatic nitrogens is 3. The van der Waals surface area contributed by atoms with Gasteiger partial charge in [0, 0.05) is 6.54 Å². The van der Waals surface area contributed by atoms with Crippen molar-refractivity contribution in [2.45, 2.75) is 52.2 Å². The van der Waals surface area contributed by atoms with Crippen LogP contribution in [0.3, 0.4) is 0 Å². The smallest absolute Gasteiger partial charge is 0.408 e. The van der Waals surface area contributed by atoms with Crippen molar-refractivity contribution >= 4 is 12.0 Å². The molecule has 0 saturated heterocycles. The predicted octanol–water partition coefficient (Wildman–Crippen LogP) is 3.84. The van der Waals surface area contributed by atoms with Crippen molar-refractivity contribution in [2.24, 2.45) is 0 Å². The fourth-order valence-corrected chi connectivity index (χ4v) is 2.28. The molecule has 0 bridgehead atoms. The zero-order chi connectivity index (χ0) is 19.9. The van der Waals surface area contributed by atoms with Crippen molar-refractivity contribution in [3.05, 3.63) is 47.5 Å². The molecule has 7 nitrogen and oxygen atoms in total. The lowest BCUT2D eigenvalue weighted by molar-refractivity contribution is 0.0511. The van der Waals surface area contributed by atoms with Gasteiger partial charge in [-0.3, -0.25) is 0 Å². The summed E-state index contributed by atoms with van der Waals surface area (Å²) in [4.78, 5) is 16.5. The van der Waals surface area contributed by atoms with Gasteiger partial charge in [-0.05, 0) is 44.9 Å². The number of anilines is 1. The monoisotopic (exact) mass is 375 g/mol. The number of halogens is 1. The van der Waals surface area contributed by atoms with Gasteiger partial charge in [0.25, 0.3) is 0 Å².